The van der Waals surface area contributed by atoms with Gasteiger partial charge in [0, 0.05) is 17.7 Å². The van der Waals surface area contributed by atoms with E-state index >= 15 is 0 Å². The second-order valence-electron chi connectivity index (χ2n) is 6.99. The van der Waals surface area contributed by atoms with Gasteiger partial charge in [0.1, 0.15) is 5.82 Å². The molecule has 0 radical (unpaired) electrons. The van der Waals surface area contributed by atoms with E-state index in [-0.39, 0.29) is 22.6 Å². The van der Waals surface area contributed by atoms with Crippen LogP contribution < -0.4 is 5.32 Å². The van der Waals surface area contributed by atoms with Crippen LogP contribution in [0.4, 0.5) is 5.82 Å². The fraction of sp³-hybridized carbons (Fsp3) is 0.625. The number of nitrogens with one attached hydrogen (secondary N) is 1. The third kappa shape index (κ3) is 3.35. The zero-order valence-electron chi connectivity index (χ0n) is 13.4. The second-order valence-corrected chi connectivity index (χ2v) is 6.99. The number of pyridine rings is 1. The van der Waals surface area contributed by atoms with Crippen LogP contribution in [0.5, 0.6) is 0 Å². The smallest absolute Gasteiger partial charge is 0.335 e. The maximum absolute atomic E-state index is 11.3. The quantitative estimate of drug-likeness (QED) is 0.896. The van der Waals surface area contributed by atoms with Gasteiger partial charge < -0.3 is 15.2 Å². The lowest BCUT2D eigenvalue weighted by molar-refractivity contribution is 0.0696. The van der Waals surface area contributed by atoms with Gasteiger partial charge in [0.15, 0.2) is 0 Å². The second kappa shape index (κ2) is 5.30. The molecule has 2 atom stereocenters. The number of ether oxygens (including phenoxy) is 1. The molecule has 1 fully saturated rings. The summed E-state index contributed by atoms with van der Waals surface area (Å²) in [5.74, 6) is -0.341. The van der Waals surface area contributed by atoms with Gasteiger partial charge in [-0.1, -0.05) is 20.8 Å². The van der Waals surface area contributed by atoms with E-state index in [4.69, 9.17) is 4.74 Å². The molecule has 0 amide bonds. The summed E-state index contributed by atoms with van der Waals surface area (Å²) in [6.07, 6.45) is 0.934. The van der Waals surface area contributed by atoms with Gasteiger partial charge >= 0.3 is 5.97 Å². The van der Waals surface area contributed by atoms with Crippen LogP contribution in [0, 0.1) is 0 Å². The monoisotopic (exact) mass is 292 g/mol. The van der Waals surface area contributed by atoms with Crippen molar-refractivity contribution in [3.8, 4) is 0 Å². The predicted octanol–water partition coefficient (Wildman–Crippen LogP) is 3.06. The Morgan fingerprint density at radius 2 is 2.14 bits per heavy atom. The highest BCUT2D eigenvalue weighted by atomic mass is 16.5. The molecule has 21 heavy (non-hydrogen) atoms. The van der Waals surface area contributed by atoms with E-state index in [1.165, 1.54) is 0 Å². The Bertz CT molecular complexity index is 551. The average molecular weight is 292 g/mol. The molecule has 1 saturated heterocycles. The lowest BCUT2D eigenvalue weighted by atomic mass is 9.90. The number of aromatic carboxylic acids is 1. The topological polar surface area (TPSA) is 71.5 Å². The van der Waals surface area contributed by atoms with Crippen molar-refractivity contribution in [2.75, 3.05) is 11.9 Å². The molecule has 5 heteroatoms. The Kier molecular flexibility index (Phi) is 3.97. The number of carbonyl (C=O) groups is 1. The zero-order valence-corrected chi connectivity index (χ0v) is 13.4. The number of hydrogen-bond donors (Lipinski definition) is 2. The number of nitrogens with zero attached hydrogens (tertiary/aromatic N) is 1. The first-order chi connectivity index (χ1) is 9.62. The molecule has 0 aliphatic carbocycles. The molecule has 0 saturated carbocycles. The molecule has 1 aromatic heterocycles. The van der Waals surface area contributed by atoms with E-state index < -0.39 is 5.97 Å². The molecular weight excluding hydrogens is 268 g/mol. The van der Waals surface area contributed by atoms with E-state index in [0.29, 0.717) is 12.4 Å². The van der Waals surface area contributed by atoms with Crippen LogP contribution in [0.1, 0.15) is 57.1 Å². The first kappa shape index (κ1) is 15.8. The van der Waals surface area contributed by atoms with Crippen molar-refractivity contribution in [2.45, 2.75) is 58.1 Å². The molecular formula is C16H24N2O3. The van der Waals surface area contributed by atoms with Crippen LogP contribution in [-0.4, -0.2) is 34.3 Å². The van der Waals surface area contributed by atoms with Crippen LogP contribution in [-0.2, 0) is 10.2 Å². The summed E-state index contributed by atoms with van der Waals surface area (Å²) in [7, 11) is 0. The van der Waals surface area contributed by atoms with Gasteiger partial charge in [-0.15, -0.1) is 0 Å². The normalized spacial score (nSPS) is 25.9. The summed E-state index contributed by atoms with van der Waals surface area (Å²) < 4.78 is 5.61. The van der Waals surface area contributed by atoms with Gasteiger partial charge in [-0.2, -0.15) is 0 Å². The number of carboxylic acid groups (broad SMARTS) is 1. The Morgan fingerprint density at radius 3 is 2.62 bits per heavy atom. The van der Waals surface area contributed by atoms with E-state index in [9.17, 15) is 9.90 Å². The molecule has 116 valence electrons. The molecule has 1 aliphatic heterocycles. The van der Waals surface area contributed by atoms with Crippen molar-refractivity contribution in [3.63, 3.8) is 0 Å². The average Bonchev–Trinajstić information content (AvgIpc) is 2.67. The van der Waals surface area contributed by atoms with Gasteiger partial charge in [0.05, 0.1) is 17.2 Å². The van der Waals surface area contributed by atoms with Crippen molar-refractivity contribution in [1.82, 2.24) is 4.98 Å². The van der Waals surface area contributed by atoms with Crippen molar-refractivity contribution >= 4 is 11.8 Å². The molecule has 2 unspecified atom stereocenters. The minimum absolute atomic E-state index is 0.0610. The lowest BCUT2D eigenvalue weighted by Gasteiger charge is -2.30. The molecule has 2 N–H and O–H groups in total. The Morgan fingerprint density at radius 1 is 1.48 bits per heavy atom. The summed E-state index contributed by atoms with van der Waals surface area (Å²) in [5.41, 5.74) is 0.590. The van der Waals surface area contributed by atoms with Gasteiger partial charge in [0.25, 0.3) is 0 Å². The van der Waals surface area contributed by atoms with E-state index in [2.05, 4.69) is 17.2 Å². The molecule has 1 aromatic rings. The van der Waals surface area contributed by atoms with E-state index in [0.717, 1.165) is 12.1 Å². The van der Waals surface area contributed by atoms with Crippen molar-refractivity contribution in [3.05, 3.63) is 23.4 Å². The maximum Gasteiger partial charge on any atom is 0.335 e. The highest BCUT2D eigenvalue weighted by molar-refractivity contribution is 5.88. The summed E-state index contributed by atoms with van der Waals surface area (Å²) in [6.45, 7) is 10.9. The molecule has 1 aliphatic rings. The fourth-order valence-corrected chi connectivity index (χ4v) is 2.39. The third-order valence-electron chi connectivity index (χ3n) is 4.14. The summed E-state index contributed by atoms with van der Waals surface area (Å²) in [5, 5.41) is 12.7. The predicted molar refractivity (Wildman–Crippen MR) is 82.0 cm³/mol. The van der Waals surface area contributed by atoms with Crippen LogP contribution in [0.3, 0.4) is 0 Å². The minimum atomic E-state index is -0.938. The highest BCUT2D eigenvalue weighted by Crippen LogP contribution is 2.30. The van der Waals surface area contributed by atoms with Crippen LogP contribution in [0.15, 0.2) is 12.1 Å². The standard InChI is InChI=1S/C16H24N2O3/c1-10-16(5,6-7-21-10)18-13-9-11(14(19)20)8-12(17-13)15(2,3)4/h8-10H,6-7H2,1-5H3,(H,17,18)(H,19,20). The van der Waals surface area contributed by atoms with Gasteiger partial charge in [0.2, 0.25) is 0 Å². The van der Waals surface area contributed by atoms with Crippen LogP contribution in [0.2, 0.25) is 0 Å². The molecule has 2 rings (SSSR count). The van der Waals surface area contributed by atoms with Gasteiger partial charge in [-0.25, -0.2) is 9.78 Å². The van der Waals surface area contributed by atoms with Crippen molar-refractivity contribution < 1.29 is 14.6 Å². The fourth-order valence-electron chi connectivity index (χ4n) is 2.39. The number of hydrogen-bond acceptors (Lipinski definition) is 4. The first-order valence-electron chi connectivity index (χ1n) is 7.27. The molecule has 5 nitrogen and oxygen atoms in total. The van der Waals surface area contributed by atoms with Crippen LogP contribution >= 0.6 is 0 Å². The number of rotatable bonds is 3. The van der Waals surface area contributed by atoms with Crippen molar-refractivity contribution in [1.29, 1.82) is 0 Å². The Balaban J connectivity index is 2.39. The summed E-state index contributed by atoms with van der Waals surface area (Å²) in [6, 6.07) is 3.23. The summed E-state index contributed by atoms with van der Waals surface area (Å²) >= 11 is 0. The highest BCUT2D eigenvalue weighted by Gasteiger charge is 2.37. The maximum atomic E-state index is 11.3. The van der Waals surface area contributed by atoms with Crippen molar-refractivity contribution in [2.24, 2.45) is 0 Å². The van der Waals surface area contributed by atoms with Crippen LogP contribution in [0.25, 0.3) is 0 Å². The first-order valence-corrected chi connectivity index (χ1v) is 7.27. The van der Waals surface area contributed by atoms with E-state index in [1.807, 2.05) is 27.7 Å². The molecule has 0 aromatic carbocycles. The third-order valence-corrected chi connectivity index (χ3v) is 4.14. The number of carboxylic acids is 1. The van der Waals surface area contributed by atoms with Gasteiger partial charge in [-0.05, 0) is 32.4 Å². The lowest BCUT2D eigenvalue weighted by Crippen LogP contribution is -2.41. The summed E-state index contributed by atoms with van der Waals surface area (Å²) in [4.78, 5) is 15.9. The Labute approximate surface area is 125 Å². The zero-order chi connectivity index (χ0) is 15.8. The van der Waals surface area contributed by atoms with E-state index in [1.54, 1.807) is 12.1 Å². The molecule has 0 bridgehead atoms. The largest absolute Gasteiger partial charge is 0.478 e. The Hall–Kier alpha value is -1.62. The molecule has 2 heterocycles. The molecule has 0 spiro atoms. The minimum Gasteiger partial charge on any atom is -0.478 e. The number of anilines is 1. The number of aromatic nitrogens is 1. The van der Waals surface area contributed by atoms with Gasteiger partial charge in [-0.3, -0.25) is 0 Å². The SMILES string of the molecule is CC1OCCC1(C)Nc1cc(C(=O)O)cc(C(C)(C)C)n1.